The highest BCUT2D eigenvalue weighted by Crippen LogP contribution is 2.26. The molecule has 0 saturated carbocycles. The summed E-state index contributed by atoms with van der Waals surface area (Å²) in [5, 5.41) is 12.2. The van der Waals surface area contributed by atoms with Gasteiger partial charge in [0.05, 0.1) is 12.6 Å². The molecule has 5 heteroatoms. The minimum absolute atomic E-state index is 0.277. The summed E-state index contributed by atoms with van der Waals surface area (Å²) in [6.07, 6.45) is -1.28. The fraction of sp³-hybridized carbons (Fsp3) is 0.462. The average Bonchev–Trinajstić information content (AvgIpc) is 2.73. The molecule has 1 fully saturated rings. The van der Waals surface area contributed by atoms with Crippen molar-refractivity contribution in [2.24, 2.45) is 0 Å². The van der Waals surface area contributed by atoms with E-state index >= 15 is 0 Å². The monoisotopic (exact) mass is 251 g/mol. The summed E-state index contributed by atoms with van der Waals surface area (Å²) < 4.78 is 10.6. The highest BCUT2D eigenvalue weighted by atomic mass is 16.6. The lowest BCUT2D eigenvalue weighted by molar-refractivity contribution is 0.102. The predicted molar refractivity (Wildman–Crippen MR) is 65.6 cm³/mol. The number of alkyl carbamates (subject to hydrolysis) is 1. The van der Waals surface area contributed by atoms with Gasteiger partial charge in [0.15, 0.2) is 6.10 Å². The topological polar surface area (TPSA) is 67.8 Å². The van der Waals surface area contributed by atoms with E-state index < -0.39 is 12.2 Å². The van der Waals surface area contributed by atoms with Gasteiger partial charge in [-0.2, -0.15) is 0 Å². The summed E-state index contributed by atoms with van der Waals surface area (Å²) in [7, 11) is 0. The molecule has 1 aliphatic rings. The van der Waals surface area contributed by atoms with Crippen LogP contribution < -0.4 is 10.1 Å². The average molecular weight is 251 g/mol. The summed E-state index contributed by atoms with van der Waals surface area (Å²) in [5.41, 5.74) is 1.81. The number of benzene rings is 1. The van der Waals surface area contributed by atoms with Crippen molar-refractivity contribution in [3.63, 3.8) is 0 Å². The Hall–Kier alpha value is -1.75. The molecular formula is C13H17NO4. The van der Waals surface area contributed by atoms with Crippen molar-refractivity contribution in [2.45, 2.75) is 26.1 Å². The first kappa shape index (κ1) is 12.7. The molecule has 2 rings (SSSR count). The van der Waals surface area contributed by atoms with E-state index in [2.05, 4.69) is 5.32 Å². The van der Waals surface area contributed by atoms with E-state index in [-0.39, 0.29) is 12.7 Å². The lowest BCUT2D eigenvalue weighted by Gasteiger charge is -2.16. The van der Waals surface area contributed by atoms with Crippen LogP contribution in [0.3, 0.4) is 0 Å². The Kier molecular flexibility index (Phi) is 3.72. The van der Waals surface area contributed by atoms with E-state index in [0.29, 0.717) is 12.3 Å². The Bertz CT molecular complexity index is 445. The number of ether oxygens (including phenoxy) is 2. The van der Waals surface area contributed by atoms with Crippen LogP contribution in [0.25, 0.3) is 0 Å². The van der Waals surface area contributed by atoms with E-state index in [1.807, 2.05) is 25.1 Å². The molecular weight excluding hydrogens is 234 g/mol. The molecule has 0 bridgehead atoms. The van der Waals surface area contributed by atoms with Gasteiger partial charge in [-0.15, -0.1) is 0 Å². The zero-order chi connectivity index (χ0) is 13.1. The standard InChI is InChI=1S/C13H17NO4/c1-8-3-4-12(11(5-8)9(2)15)17-7-10-6-14-13(16)18-10/h3-5,9-10,15H,6-7H2,1-2H3,(H,14,16). The zero-order valence-corrected chi connectivity index (χ0v) is 10.5. The number of rotatable bonds is 4. The van der Waals surface area contributed by atoms with E-state index in [9.17, 15) is 9.90 Å². The minimum Gasteiger partial charge on any atom is -0.489 e. The van der Waals surface area contributed by atoms with Gasteiger partial charge < -0.3 is 19.9 Å². The van der Waals surface area contributed by atoms with Crippen LogP contribution >= 0.6 is 0 Å². The maximum absolute atomic E-state index is 10.9. The largest absolute Gasteiger partial charge is 0.489 e. The number of amides is 1. The number of cyclic esters (lactones) is 1. The molecule has 1 aromatic rings. The number of aliphatic hydroxyl groups excluding tert-OH is 1. The van der Waals surface area contributed by atoms with Crippen LogP contribution in [0, 0.1) is 6.92 Å². The summed E-state index contributed by atoms with van der Waals surface area (Å²) in [5.74, 6) is 0.624. The first-order valence-corrected chi connectivity index (χ1v) is 5.92. The Morgan fingerprint density at radius 1 is 1.61 bits per heavy atom. The second kappa shape index (κ2) is 5.27. The maximum Gasteiger partial charge on any atom is 0.407 e. The van der Waals surface area contributed by atoms with E-state index in [1.165, 1.54) is 0 Å². The Morgan fingerprint density at radius 3 is 3.00 bits per heavy atom. The predicted octanol–water partition coefficient (Wildman–Crippen LogP) is 1.54. The first-order chi connectivity index (χ1) is 8.56. The Balaban J connectivity index is 2.02. The molecule has 1 saturated heterocycles. The van der Waals surface area contributed by atoms with E-state index in [4.69, 9.17) is 9.47 Å². The van der Waals surface area contributed by atoms with Crippen molar-refractivity contribution in [1.82, 2.24) is 5.32 Å². The van der Waals surface area contributed by atoms with Crippen molar-refractivity contribution in [3.8, 4) is 5.75 Å². The van der Waals surface area contributed by atoms with E-state index in [1.54, 1.807) is 6.92 Å². The molecule has 98 valence electrons. The summed E-state index contributed by atoms with van der Waals surface area (Å²) in [6.45, 7) is 4.38. The second-order valence-corrected chi connectivity index (χ2v) is 4.44. The number of hydrogen-bond donors (Lipinski definition) is 2. The van der Waals surface area contributed by atoms with Crippen LogP contribution in [-0.4, -0.2) is 30.5 Å². The Labute approximate surface area is 106 Å². The number of aliphatic hydroxyl groups is 1. The molecule has 1 aliphatic heterocycles. The van der Waals surface area contributed by atoms with E-state index in [0.717, 1.165) is 11.1 Å². The van der Waals surface area contributed by atoms with Crippen molar-refractivity contribution in [1.29, 1.82) is 0 Å². The molecule has 1 heterocycles. The molecule has 2 atom stereocenters. The summed E-state index contributed by atoms with van der Waals surface area (Å²) >= 11 is 0. The molecule has 2 unspecified atom stereocenters. The molecule has 1 amide bonds. The van der Waals surface area contributed by atoms with Crippen molar-refractivity contribution >= 4 is 6.09 Å². The number of carbonyl (C=O) groups excluding carboxylic acids is 1. The third kappa shape index (κ3) is 2.92. The summed E-state index contributed by atoms with van der Waals surface area (Å²) in [4.78, 5) is 10.9. The van der Waals surface area contributed by atoms with Crippen LogP contribution in [0.15, 0.2) is 18.2 Å². The summed E-state index contributed by atoms with van der Waals surface area (Å²) in [6, 6.07) is 5.63. The molecule has 0 aliphatic carbocycles. The second-order valence-electron chi connectivity index (χ2n) is 4.44. The van der Waals surface area contributed by atoms with Crippen molar-refractivity contribution in [2.75, 3.05) is 13.2 Å². The Morgan fingerprint density at radius 2 is 2.39 bits per heavy atom. The smallest absolute Gasteiger partial charge is 0.407 e. The fourth-order valence-corrected chi connectivity index (χ4v) is 1.83. The lowest BCUT2D eigenvalue weighted by atomic mass is 10.1. The van der Waals surface area contributed by atoms with Crippen molar-refractivity contribution in [3.05, 3.63) is 29.3 Å². The lowest BCUT2D eigenvalue weighted by Crippen LogP contribution is -2.22. The van der Waals surface area contributed by atoms with Crippen LogP contribution in [0.2, 0.25) is 0 Å². The quantitative estimate of drug-likeness (QED) is 0.851. The molecule has 1 aromatic carbocycles. The van der Waals surface area contributed by atoms with Gasteiger partial charge in [-0.1, -0.05) is 11.6 Å². The van der Waals surface area contributed by atoms with Gasteiger partial charge in [-0.3, -0.25) is 0 Å². The van der Waals surface area contributed by atoms with Gasteiger partial charge in [-0.05, 0) is 26.0 Å². The zero-order valence-electron chi connectivity index (χ0n) is 10.5. The third-order valence-electron chi connectivity index (χ3n) is 2.79. The highest BCUT2D eigenvalue weighted by molar-refractivity contribution is 5.69. The third-order valence-corrected chi connectivity index (χ3v) is 2.79. The van der Waals surface area contributed by atoms with Gasteiger partial charge in [0.2, 0.25) is 0 Å². The first-order valence-electron chi connectivity index (χ1n) is 5.92. The molecule has 0 radical (unpaired) electrons. The van der Waals surface area contributed by atoms with Gasteiger partial charge in [0.1, 0.15) is 12.4 Å². The number of nitrogens with one attached hydrogen (secondary N) is 1. The van der Waals surface area contributed by atoms with Crippen LogP contribution in [0.1, 0.15) is 24.2 Å². The molecule has 18 heavy (non-hydrogen) atoms. The molecule has 0 spiro atoms. The van der Waals surface area contributed by atoms with Gasteiger partial charge in [0.25, 0.3) is 0 Å². The van der Waals surface area contributed by atoms with Crippen LogP contribution in [0.4, 0.5) is 4.79 Å². The van der Waals surface area contributed by atoms with Gasteiger partial charge >= 0.3 is 6.09 Å². The fourth-order valence-electron chi connectivity index (χ4n) is 1.83. The van der Waals surface area contributed by atoms with Gasteiger partial charge in [0, 0.05) is 5.56 Å². The maximum atomic E-state index is 10.9. The molecule has 0 aromatic heterocycles. The van der Waals surface area contributed by atoms with Gasteiger partial charge in [-0.25, -0.2) is 4.79 Å². The normalized spacial score (nSPS) is 20.2. The van der Waals surface area contributed by atoms with Crippen LogP contribution in [-0.2, 0) is 4.74 Å². The number of hydrogen-bond acceptors (Lipinski definition) is 4. The van der Waals surface area contributed by atoms with Crippen molar-refractivity contribution < 1.29 is 19.4 Å². The van der Waals surface area contributed by atoms with Crippen LogP contribution in [0.5, 0.6) is 5.75 Å². The molecule has 2 N–H and O–H groups in total. The number of carbonyl (C=O) groups is 1. The minimum atomic E-state index is -0.593. The highest BCUT2D eigenvalue weighted by Gasteiger charge is 2.23. The number of aryl methyl sites for hydroxylation is 1. The SMILES string of the molecule is Cc1ccc(OCC2CNC(=O)O2)c(C(C)O)c1. The molecule has 5 nitrogen and oxygen atoms in total.